The van der Waals surface area contributed by atoms with Gasteiger partial charge in [-0.2, -0.15) is 0 Å². The molecule has 0 aliphatic rings. The lowest BCUT2D eigenvalue weighted by Gasteiger charge is -2.05. The fourth-order valence-corrected chi connectivity index (χ4v) is 1.56. The van der Waals surface area contributed by atoms with Gasteiger partial charge in [0.2, 0.25) is 5.91 Å². The summed E-state index contributed by atoms with van der Waals surface area (Å²) in [6.07, 6.45) is 3.43. The van der Waals surface area contributed by atoms with Gasteiger partial charge in [-0.1, -0.05) is 0 Å². The smallest absolute Gasteiger partial charge is 0.264 e. The van der Waals surface area contributed by atoms with E-state index in [0.717, 1.165) is 5.56 Å². The maximum Gasteiger partial charge on any atom is 0.264 e. The monoisotopic (exact) mass is 232 g/mol. The number of nitrogens with zero attached hydrogens (tertiary/aromatic N) is 2. The van der Waals surface area contributed by atoms with Crippen LogP contribution in [0.2, 0.25) is 0 Å². The summed E-state index contributed by atoms with van der Waals surface area (Å²) in [6.45, 7) is 0.140. The molecule has 0 amide bonds. The highest BCUT2D eigenvalue weighted by molar-refractivity contribution is 5.80. The first kappa shape index (κ1) is 11.3. The van der Waals surface area contributed by atoms with Gasteiger partial charge in [0.25, 0.3) is 5.56 Å². The van der Waals surface area contributed by atoms with Gasteiger partial charge < -0.3 is 5.73 Å². The molecule has 0 radical (unpaired) electrons. The van der Waals surface area contributed by atoms with Crippen LogP contribution in [0.5, 0.6) is 0 Å². The highest BCUT2D eigenvalue weighted by atomic mass is 16.2. The van der Waals surface area contributed by atoms with Crippen LogP contribution in [0.25, 0.3) is 0 Å². The zero-order valence-electron chi connectivity index (χ0n) is 9.09. The Morgan fingerprint density at radius 2 is 2.12 bits per heavy atom. The number of nitrogens with one attached hydrogen (secondary N) is 1. The van der Waals surface area contributed by atoms with Gasteiger partial charge in [0, 0.05) is 25.0 Å². The Bertz CT molecular complexity index is 571. The average molecular weight is 232 g/mol. The van der Waals surface area contributed by atoms with Crippen molar-refractivity contribution >= 4 is 5.91 Å². The molecule has 6 nitrogen and oxygen atoms in total. The lowest BCUT2D eigenvalue weighted by molar-refractivity contribution is 0.0894. The van der Waals surface area contributed by atoms with Crippen molar-refractivity contribution in [3.05, 3.63) is 52.2 Å². The number of carbonyl (C=O) groups excluding carboxylic acids is 1. The SMILES string of the molecule is NCc1cc(=O)[nH]n1C(=O)Cc1ccncc1. The van der Waals surface area contributed by atoms with Gasteiger partial charge in [-0.25, -0.2) is 4.68 Å². The van der Waals surface area contributed by atoms with Gasteiger partial charge in [-0.3, -0.25) is 19.7 Å². The third kappa shape index (κ3) is 2.48. The topological polar surface area (TPSA) is 93.8 Å². The minimum absolute atomic E-state index is 0.140. The van der Waals surface area contributed by atoms with Crippen LogP contribution >= 0.6 is 0 Å². The number of pyridine rings is 1. The Kier molecular flexibility index (Phi) is 3.15. The molecule has 0 spiro atoms. The Morgan fingerprint density at radius 3 is 2.76 bits per heavy atom. The van der Waals surface area contributed by atoms with Crippen LogP contribution in [0.4, 0.5) is 0 Å². The first-order chi connectivity index (χ1) is 8.20. The summed E-state index contributed by atoms with van der Waals surface area (Å²) in [6, 6.07) is 4.83. The molecular weight excluding hydrogens is 220 g/mol. The standard InChI is InChI=1S/C11H12N4O2/c12-7-9-6-10(16)14-15(9)11(17)5-8-1-3-13-4-2-8/h1-4,6H,5,7,12H2,(H,14,16). The molecule has 0 saturated carbocycles. The summed E-state index contributed by atoms with van der Waals surface area (Å²) in [5.74, 6) is -0.223. The van der Waals surface area contributed by atoms with E-state index in [1.165, 1.54) is 10.7 Å². The number of nitrogens with two attached hydrogens (primary N) is 1. The largest absolute Gasteiger partial charge is 0.325 e. The molecule has 0 aliphatic heterocycles. The second-order valence-electron chi connectivity index (χ2n) is 3.58. The number of aromatic amines is 1. The van der Waals surface area contributed by atoms with Crippen LogP contribution in [-0.2, 0) is 13.0 Å². The molecule has 0 atom stereocenters. The van der Waals surface area contributed by atoms with Crippen molar-refractivity contribution in [2.45, 2.75) is 13.0 Å². The zero-order valence-corrected chi connectivity index (χ0v) is 9.09. The predicted octanol–water partition coefficient (Wildman–Crippen LogP) is -0.0870. The third-order valence-corrected chi connectivity index (χ3v) is 2.37. The molecule has 0 aromatic carbocycles. The van der Waals surface area contributed by atoms with Crippen molar-refractivity contribution in [3.8, 4) is 0 Å². The van der Waals surface area contributed by atoms with Crippen LogP contribution in [-0.4, -0.2) is 20.7 Å². The van der Waals surface area contributed by atoms with Crippen LogP contribution < -0.4 is 11.3 Å². The van der Waals surface area contributed by atoms with E-state index in [-0.39, 0.29) is 24.4 Å². The lowest BCUT2D eigenvalue weighted by Crippen LogP contribution is -2.20. The molecule has 2 rings (SSSR count). The quantitative estimate of drug-likeness (QED) is 0.773. The molecule has 0 unspecified atom stereocenters. The van der Waals surface area contributed by atoms with Crippen LogP contribution in [0, 0.1) is 0 Å². The minimum atomic E-state index is -0.325. The van der Waals surface area contributed by atoms with Gasteiger partial charge >= 0.3 is 0 Å². The van der Waals surface area contributed by atoms with E-state index in [0.29, 0.717) is 5.69 Å². The Labute approximate surface area is 97.1 Å². The summed E-state index contributed by atoms with van der Waals surface area (Å²) in [5.41, 5.74) is 6.44. The second-order valence-corrected chi connectivity index (χ2v) is 3.58. The van der Waals surface area contributed by atoms with Gasteiger partial charge in [0.05, 0.1) is 12.1 Å². The molecule has 0 fully saturated rings. The van der Waals surface area contributed by atoms with Crippen LogP contribution in [0.15, 0.2) is 35.4 Å². The second kappa shape index (κ2) is 4.75. The Morgan fingerprint density at radius 1 is 1.41 bits per heavy atom. The fourth-order valence-electron chi connectivity index (χ4n) is 1.56. The van der Waals surface area contributed by atoms with E-state index in [9.17, 15) is 9.59 Å². The van der Waals surface area contributed by atoms with Crippen LogP contribution in [0.1, 0.15) is 16.1 Å². The number of H-pyrrole nitrogens is 1. The summed E-state index contributed by atoms with van der Waals surface area (Å²) in [4.78, 5) is 26.9. The molecule has 3 N–H and O–H groups in total. The van der Waals surface area contributed by atoms with Gasteiger partial charge in [-0.15, -0.1) is 0 Å². The lowest BCUT2D eigenvalue weighted by atomic mass is 10.2. The molecule has 2 aromatic rings. The summed E-state index contributed by atoms with van der Waals surface area (Å²) in [5, 5.41) is 2.43. The number of hydrogen-bond acceptors (Lipinski definition) is 4. The number of hydrogen-bond donors (Lipinski definition) is 2. The number of carbonyl (C=O) groups is 1. The average Bonchev–Trinajstić information content (AvgIpc) is 2.72. The minimum Gasteiger partial charge on any atom is -0.325 e. The fraction of sp³-hybridized carbons (Fsp3) is 0.182. The Balaban J connectivity index is 2.23. The summed E-state index contributed by atoms with van der Waals surface area (Å²) in [7, 11) is 0. The molecule has 2 heterocycles. The number of aromatic nitrogens is 3. The molecule has 6 heteroatoms. The first-order valence-corrected chi connectivity index (χ1v) is 5.14. The third-order valence-electron chi connectivity index (χ3n) is 2.37. The van der Waals surface area contributed by atoms with Crippen molar-refractivity contribution in [2.75, 3.05) is 0 Å². The van der Waals surface area contributed by atoms with E-state index in [4.69, 9.17) is 5.73 Å². The van der Waals surface area contributed by atoms with Crippen molar-refractivity contribution in [1.82, 2.24) is 14.8 Å². The van der Waals surface area contributed by atoms with E-state index in [1.807, 2.05) is 0 Å². The van der Waals surface area contributed by atoms with Crippen molar-refractivity contribution < 1.29 is 4.79 Å². The maximum absolute atomic E-state index is 11.9. The molecule has 0 aliphatic carbocycles. The Hall–Kier alpha value is -2.21. The van der Waals surface area contributed by atoms with E-state index < -0.39 is 0 Å². The highest BCUT2D eigenvalue weighted by Gasteiger charge is 2.11. The van der Waals surface area contributed by atoms with E-state index in [1.54, 1.807) is 24.5 Å². The number of rotatable bonds is 3. The van der Waals surface area contributed by atoms with Gasteiger partial charge in [0.1, 0.15) is 0 Å². The molecule has 0 saturated heterocycles. The predicted molar refractivity (Wildman–Crippen MR) is 61.5 cm³/mol. The summed E-state index contributed by atoms with van der Waals surface area (Å²) >= 11 is 0. The molecule has 17 heavy (non-hydrogen) atoms. The highest BCUT2D eigenvalue weighted by Crippen LogP contribution is 2.01. The summed E-state index contributed by atoms with van der Waals surface area (Å²) < 4.78 is 1.20. The van der Waals surface area contributed by atoms with Gasteiger partial charge in [0.15, 0.2) is 0 Å². The van der Waals surface area contributed by atoms with Crippen LogP contribution in [0.3, 0.4) is 0 Å². The van der Waals surface area contributed by atoms with E-state index in [2.05, 4.69) is 10.1 Å². The molecule has 2 aromatic heterocycles. The van der Waals surface area contributed by atoms with Crippen molar-refractivity contribution in [2.24, 2.45) is 5.73 Å². The first-order valence-electron chi connectivity index (χ1n) is 5.14. The molecule has 0 bridgehead atoms. The zero-order chi connectivity index (χ0) is 12.3. The van der Waals surface area contributed by atoms with Crippen molar-refractivity contribution in [3.63, 3.8) is 0 Å². The molecule has 88 valence electrons. The van der Waals surface area contributed by atoms with Crippen molar-refractivity contribution in [1.29, 1.82) is 0 Å². The van der Waals surface area contributed by atoms with Gasteiger partial charge in [-0.05, 0) is 17.7 Å². The maximum atomic E-state index is 11.9. The normalized spacial score (nSPS) is 10.4. The van der Waals surface area contributed by atoms with E-state index >= 15 is 0 Å². The molecular formula is C11H12N4O2.